The van der Waals surface area contributed by atoms with Crippen molar-refractivity contribution in [3.8, 4) is 0 Å². The van der Waals surface area contributed by atoms with Crippen LogP contribution in [0.4, 0.5) is 0 Å². The second-order valence-electron chi connectivity index (χ2n) is 4.04. The SMILES string of the molecule is COC(C)(C)C(N)=CC(=O)c1ccccc1. The summed E-state index contributed by atoms with van der Waals surface area (Å²) >= 11 is 0. The molecule has 0 aliphatic carbocycles. The van der Waals surface area contributed by atoms with Gasteiger partial charge in [0.05, 0.1) is 0 Å². The van der Waals surface area contributed by atoms with E-state index in [4.69, 9.17) is 10.5 Å². The van der Waals surface area contributed by atoms with Crippen molar-refractivity contribution in [1.82, 2.24) is 0 Å². The van der Waals surface area contributed by atoms with E-state index in [0.29, 0.717) is 11.3 Å². The molecule has 0 aliphatic rings. The molecule has 0 atom stereocenters. The molecule has 0 spiro atoms. The first-order valence-electron chi connectivity index (χ1n) is 5.09. The highest BCUT2D eigenvalue weighted by atomic mass is 16.5. The molecule has 86 valence electrons. The molecular formula is C13H17NO2. The van der Waals surface area contributed by atoms with E-state index in [9.17, 15) is 4.79 Å². The normalized spacial score (nSPS) is 12.6. The first kappa shape index (κ1) is 12.5. The van der Waals surface area contributed by atoms with Crippen molar-refractivity contribution in [3.05, 3.63) is 47.7 Å². The van der Waals surface area contributed by atoms with Crippen LogP contribution in [0.5, 0.6) is 0 Å². The molecule has 0 bridgehead atoms. The summed E-state index contributed by atoms with van der Waals surface area (Å²) in [6, 6.07) is 9.01. The Morgan fingerprint density at radius 3 is 2.38 bits per heavy atom. The van der Waals surface area contributed by atoms with Gasteiger partial charge in [-0.3, -0.25) is 4.79 Å². The van der Waals surface area contributed by atoms with E-state index in [0.717, 1.165) is 0 Å². The van der Waals surface area contributed by atoms with Crippen LogP contribution in [0.3, 0.4) is 0 Å². The molecule has 0 heterocycles. The van der Waals surface area contributed by atoms with E-state index in [1.807, 2.05) is 32.0 Å². The maximum atomic E-state index is 11.8. The summed E-state index contributed by atoms with van der Waals surface area (Å²) in [6.07, 6.45) is 1.42. The fourth-order valence-corrected chi connectivity index (χ4v) is 1.12. The Labute approximate surface area is 95.9 Å². The van der Waals surface area contributed by atoms with Crippen molar-refractivity contribution in [1.29, 1.82) is 0 Å². The predicted molar refractivity (Wildman–Crippen MR) is 64.1 cm³/mol. The molecule has 1 rings (SSSR count). The van der Waals surface area contributed by atoms with Crippen LogP contribution in [0, 0.1) is 0 Å². The second kappa shape index (κ2) is 4.94. The van der Waals surface area contributed by atoms with Crippen LogP contribution in [0.2, 0.25) is 0 Å². The Bertz CT molecular complexity index is 394. The van der Waals surface area contributed by atoms with Gasteiger partial charge in [0.15, 0.2) is 5.78 Å². The van der Waals surface area contributed by atoms with Crippen molar-refractivity contribution < 1.29 is 9.53 Å². The number of ketones is 1. The monoisotopic (exact) mass is 219 g/mol. The second-order valence-corrected chi connectivity index (χ2v) is 4.04. The van der Waals surface area contributed by atoms with Gasteiger partial charge in [0.2, 0.25) is 0 Å². The number of carbonyl (C=O) groups excluding carboxylic acids is 1. The number of nitrogens with two attached hydrogens (primary N) is 1. The molecule has 0 amide bonds. The summed E-state index contributed by atoms with van der Waals surface area (Å²) in [4.78, 5) is 11.8. The van der Waals surface area contributed by atoms with Gasteiger partial charge in [-0.05, 0) is 13.8 Å². The summed E-state index contributed by atoms with van der Waals surface area (Å²) < 4.78 is 5.19. The molecule has 0 aliphatic heterocycles. The molecule has 0 aromatic heterocycles. The Balaban J connectivity index is 2.90. The van der Waals surface area contributed by atoms with Crippen LogP contribution in [0.15, 0.2) is 42.1 Å². The molecule has 2 N–H and O–H groups in total. The van der Waals surface area contributed by atoms with Gasteiger partial charge < -0.3 is 10.5 Å². The molecule has 16 heavy (non-hydrogen) atoms. The molecule has 0 radical (unpaired) electrons. The lowest BCUT2D eigenvalue weighted by Gasteiger charge is -2.23. The minimum Gasteiger partial charge on any atom is -0.400 e. The van der Waals surface area contributed by atoms with E-state index in [1.165, 1.54) is 6.08 Å². The van der Waals surface area contributed by atoms with Crippen molar-refractivity contribution in [2.24, 2.45) is 5.73 Å². The van der Waals surface area contributed by atoms with Crippen LogP contribution >= 0.6 is 0 Å². The summed E-state index contributed by atoms with van der Waals surface area (Å²) in [5.74, 6) is -0.108. The van der Waals surface area contributed by atoms with E-state index in [-0.39, 0.29) is 5.78 Å². The van der Waals surface area contributed by atoms with Crippen LogP contribution in [-0.2, 0) is 4.74 Å². The van der Waals surface area contributed by atoms with Gasteiger partial charge >= 0.3 is 0 Å². The molecule has 1 aromatic carbocycles. The number of allylic oxidation sites excluding steroid dienone is 1. The minimum atomic E-state index is -0.621. The van der Waals surface area contributed by atoms with Crippen LogP contribution in [-0.4, -0.2) is 18.5 Å². The lowest BCUT2D eigenvalue weighted by Crippen LogP contribution is -2.31. The zero-order valence-corrected chi connectivity index (χ0v) is 9.86. The molecular weight excluding hydrogens is 202 g/mol. The number of carbonyl (C=O) groups is 1. The van der Waals surface area contributed by atoms with E-state index in [2.05, 4.69) is 0 Å². The summed E-state index contributed by atoms with van der Waals surface area (Å²) in [5, 5.41) is 0. The smallest absolute Gasteiger partial charge is 0.187 e. The third-order valence-electron chi connectivity index (χ3n) is 2.55. The molecule has 1 aromatic rings. The van der Waals surface area contributed by atoms with E-state index in [1.54, 1.807) is 19.2 Å². The van der Waals surface area contributed by atoms with Gasteiger partial charge in [-0.25, -0.2) is 0 Å². The molecule has 3 nitrogen and oxygen atoms in total. The maximum Gasteiger partial charge on any atom is 0.187 e. The quantitative estimate of drug-likeness (QED) is 0.623. The highest BCUT2D eigenvalue weighted by Gasteiger charge is 2.20. The van der Waals surface area contributed by atoms with E-state index >= 15 is 0 Å². The average Bonchev–Trinajstić information content (AvgIpc) is 2.30. The first-order chi connectivity index (χ1) is 7.47. The first-order valence-corrected chi connectivity index (χ1v) is 5.09. The van der Waals surface area contributed by atoms with E-state index < -0.39 is 5.60 Å². The number of ether oxygens (including phenoxy) is 1. The third-order valence-corrected chi connectivity index (χ3v) is 2.55. The number of hydrogen-bond acceptors (Lipinski definition) is 3. The minimum absolute atomic E-state index is 0.108. The molecule has 3 heteroatoms. The Morgan fingerprint density at radius 2 is 1.88 bits per heavy atom. The van der Waals surface area contributed by atoms with Gasteiger partial charge in [0, 0.05) is 24.4 Å². The molecule has 0 saturated carbocycles. The lowest BCUT2D eigenvalue weighted by atomic mass is 10.0. The van der Waals surface area contributed by atoms with Crippen LogP contribution in [0.25, 0.3) is 0 Å². The molecule has 0 unspecified atom stereocenters. The molecule has 0 fully saturated rings. The number of benzene rings is 1. The maximum absolute atomic E-state index is 11.8. The molecule has 0 saturated heterocycles. The zero-order chi connectivity index (χ0) is 12.2. The summed E-state index contributed by atoms with van der Waals surface area (Å²) in [7, 11) is 1.56. The van der Waals surface area contributed by atoms with Crippen molar-refractivity contribution >= 4 is 5.78 Å². The Kier molecular flexibility index (Phi) is 3.85. The number of rotatable bonds is 4. The van der Waals surface area contributed by atoms with Gasteiger partial charge in [-0.2, -0.15) is 0 Å². The highest BCUT2D eigenvalue weighted by molar-refractivity contribution is 6.04. The zero-order valence-electron chi connectivity index (χ0n) is 9.86. The van der Waals surface area contributed by atoms with Crippen molar-refractivity contribution in [2.75, 3.05) is 7.11 Å². The van der Waals surface area contributed by atoms with Gasteiger partial charge in [0.25, 0.3) is 0 Å². The summed E-state index contributed by atoms with van der Waals surface area (Å²) in [6.45, 7) is 3.63. The standard InChI is InChI=1S/C13H17NO2/c1-13(2,16-3)12(14)9-11(15)10-7-5-4-6-8-10/h4-9H,14H2,1-3H3. The third kappa shape index (κ3) is 2.94. The number of methoxy groups -OCH3 is 1. The fourth-order valence-electron chi connectivity index (χ4n) is 1.12. The van der Waals surface area contributed by atoms with Crippen LogP contribution in [0.1, 0.15) is 24.2 Å². The Morgan fingerprint density at radius 1 is 1.31 bits per heavy atom. The topological polar surface area (TPSA) is 52.3 Å². The van der Waals surface area contributed by atoms with Gasteiger partial charge in [-0.1, -0.05) is 30.3 Å². The largest absolute Gasteiger partial charge is 0.400 e. The average molecular weight is 219 g/mol. The number of hydrogen-bond donors (Lipinski definition) is 1. The van der Waals surface area contributed by atoms with Gasteiger partial charge in [0.1, 0.15) is 5.60 Å². The van der Waals surface area contributed by atoms with Crippen molar-refractivity contribution in [2.45, 2.75) is 19.4 Å². The summed E-state index contributed by atoms with van der Waals surface area (Å²) in [5.41, 5.74) is 6.24. The Hall–Kier alpha value is -1.61. The highest BCUT2D eigenvalue weighted by Crippen LogP contribution is 2.15. The predicted octanol–water partition coefficient (Wildman–Crippen LogP) is 2.14. The lowest BCUT2D eigenvalue weighted by molar-refractivity contribution is 0.0532. The van der Waals surface area contributed by atoms with Crippen molar-refractivity contribution in [3.63, 3.8) is 0 Å². The van der Waals surface area contributed by atoms with Gasteiger partial charge in [-0.15, -0.1) is 0 Å². The van der Waals surface area contributed by atoms with Crippen LogP contribution < -0.4 is 5.73 Å². The fraction of sp³-hybridized carbons (Fsp3) is 0.308.